The van der Waals surface area contributed by atoms with E-state index in [0.29, 0.717) is 0 Å². The lowest BCUT2D eigenvalue weighted by atomic mass is 9.81. The Labute approximate surface area is 150 Å². The van der Waals surface area contributed by atoms with Crippen molar-refractivity contribution in [1.29, 1.82) is 0 Å². The molecule has 1 aliphatic carbocycles. The van der Waals surface area contributed by atoms with Gasteiger partial charge in [0.2, 0.25) is 5.91 Å². The second-order valence-corrected chi connectivity index (χ2v) is 8.06. The summed E-state index contributed by atoms with van der Waals surface area (Å²) in [4.78, 5) is 20.8. The first-order valence-electron chi connectivity index (χ1n) is 9.72. The van der Waals surface area contributed by atoms with E-state index in [-0.39, 0.29) is 17.9 Å². The second kappa shape index (κ2) is 7.42. The molecular formula is C20H29N3O2. The Balaban J connectivity index is 1.31. The molecule has 0 aromatic carbocycles. The SMILES string of the molecule is O=C(COC[C@@]12CCC[C@@H]1CN(Cc1ccncc1)C2)N1CCCC1. The summed E-state index contributed by atoms with van der Waals surface area (Å²) in [6.45, 7) is 6.07. The van der Waals surface area contributed by atoms with Crippen molar-refractivity contribution in [2.45, 2.75) is 38.6 Å². The van der Waals surface area contributed by atoms with Gasteiger partial charge in [0.15, 0.2) is 0 Å². The van der Waals surface area contributed by atoms with Crippen molar-refractivity contribution in [3.05, 3.63) is 30.1 Å². The molecule has 1 aromatic rings. The fourth-order valence-electron chi connectivity index (χ4n) is 5.03. The van der Waals surface area contributed by atoms with E-state index in [1.54, 1.807) is 0 Å². The third-order valence-corrected chi connectivity index (χ3v) is 6.34. The highest BCUT2D eigenvalue weighted by atomic mass is 16.5. The van der Waals surface area contributed by atoms with E-state index in [0.717, 1.165) is 58.1 Å². The smallest absolute Gasteiger partial charge is 0.248 e. The van der Waals surface area contributed by atoms with Gasteiger partial charge in [0.25, 0.3) is 0 Å². The van der Waals surface area contributed by atoms with Gasteiger partial charge in [0.1, 0.15) is 6.61 Å². The summed E-state index contributed by atoms with van der Waals surface area (Å²) in [6, 6.07) is 4.21. The zero-order valence-corrected chi connectivity index (χ0v) is 15.0. The van der Waals surface area contributed by atoms with Crippen molar-refractivity contribution in [3.8, 4) is 0 Å². The predicted octanol–water partition coefficient (Wildman–Crippen LogP) is 2.32. The molecule has 0 unspecified atom stereocenters. The molecule has 136 valence electrons. The summed E-state index contributed by atoms with van der Waals surface area (Å²) in [5.41, 5.74) is 1.59. The van der Waals surface area contributed by atoms with Crippen molar-refractivity contribution in [2.75, 3.05) is 39.4 Å². The second-order valence-electron chi connectivity index (χ2n) is 8.06. The third kappa shape index (κ3) is 3.72. The maximum atomic E-state index is 12.2. The normalized spacial score (nSPS) is 29.3. The van der Waals surface area contributed by atoms with Crippen LogP contribution in [0.4, 0.5) is 0 Å². The minimum atomic E-state index is 0.176. The van der Waals surface area contributed by atoms with Gasteiger partial charge in [-0.1, -0.05) is 6.42 Å². The summed E-state index contributed by atoms with van der Waals surface area (Å²) >= 11 is 0. The van der Waals surface area contributed by atoms with Gasteiger partial charge in [-0.2, -0.15) is 0 Å². The van der Waals surface area contributed by atoms with Crippen molar-refractivity contribution in [2.24, 2.45) is 11.3 Å². The van der Waals surface area contributed by atoms with Crippen LogP contribution in [0.5, 0.6) is 0 Å². The van der Waals surface area contributed by atoms with Crippen LogP contribution >= 0.6 is 0 Å². The number of pyridine rings is 1. The Bertz CT molecular complexity index is 588. The largest absolute Gasteiger partial charge is 0.371 e. The van der Waals surface area contributed by atoms with E-state index >= 15 is 0 Å². The van der Waals surface area contributed by atoms with Crippen molar-refractivity contribution < 1.29 is 9.53 Å². The fraction of sp³-hybridized carbons (Fsp3) is 0.700. The molecule has 3 heterocycles. The molecule has 25 heavy (non-hydrogen) atoms. The van der Waals surface area contributed by atoms with Crippen molar-refractivity contribution in [3.63, 3.8) is 0 Å². The lowest BCUT2D eigenvalue weighted by molar-refractivity contribution is -0.136. The summed E-state index contributed by atoms with van der Waals surface area (Å²) in [6.07, 6.45) is 9.86. The average Bonchev–Trinajstić information content (AvgIpc) is 3.31. The number of ether oxygens (including phenoxy) is 1. The monoisotopic (exact) mass is 343 g/mol. The maximum absolute atomic E-state index is 12.2. The summed E-state index contributed by atoms with van der Waals surface area (Å²) in [5.74, 6) is 0.895. The van der Waals surface area contributed by atoms with Crippen LogP contribution < -0.4 is 0 Å². The van der Waals surface area contributed by atoms with Crippen LogP contribution in [-0.2, 0) is 16.1 Å². The van der Waals surface area contributed by atoms with Crippen LogP contribution in [0.1, 0.15) is 37.7 Å². The molecule has 2 atom stereocenters. The third-order valence-electron chi connectivity index (χ3n) is 6.34. The Morgan fingerprint density at radius 1 is 1.24 bits per heavy atom. The van der Waals surface area contributed by atoms with Crippen molar-refractivity contribution >= 4 is 5.91 Å². The summed E-state index contributed by atoms with van der Waals surface area (Å²) in [7, 11) is 0. The highest BCUT2D eigenvalue weighted by Gasteiger charge is 2.49. The molecule has 0 radical (unpaired) electrons. The number of hydrogen-bond acceptors (Lipinski definition) is 4. The number of amides is 1. The molecule has 3 aliphatic rings. The zero-order chi connectivity index (χ0) is 17.1. The fourth-order valence-corrected chi connectivity index (χ4v) is 5.03. The first-order chi connectivity index (χ1) is 12.3. The van der Waals surface area contributed by atoms with E-state index in [4.69, 9.17) is 4.74 Å². The van der Waals surface area contributed by atoms with E-state index in [2.05, 4.69) is 22.0 Å². The first kappa shape index (κ1) is 17.0. The maximum Gasteiger partial charge on any atom is 0.248 e. The predicted molar refractivity (Wildman–Crippen MR) is 95.9 cm³/mol. The highest BCUT2D eigenvalue weighted by molar-refractivity contribution is 5.77. The Hall–Kier alpha value is -1.46. The van der Waals surface area contributed by atoms with Gasteiger partial charge in [0, 0.05) is 50.5 Å². The van der Waals surface area contributed by atoms with Crippen LogP contribution in [0.2, 0.25) is 0 Å². The van der Waals surface area contributed by atoms with Crippen molar-refractivity contribution in [1.82, 2.24) is 14.8 Å². The molecule has 0 bridgehead atoms. The minimum absolute atomic E-state index is 0.176. The lowest BCUT2D eigenvalue weighted by Crippen LogP contribution is -2.36. The minimum Gasteiger partial charge on any atom is -0.371 e. The molecule has 1 saturated carbocycles. The van der Waals surface area contributed by atoms with E-state index in [1.165, 1.54) is 24.8 Å². The number of carbonyl (C=O) groups is 1. The Morgan fingerprint density at radius 3 is 2.84 bits per heavy atom. The number of likely N-dealkylation sites (tertiary alicyclic amines) is 2. The number of carbonyl (C=O) groups excluding carboxylic acids is 1. The molecule has 4 rings (SSSR count). The van der Waals surface area contributed by atoms with Gasteiger partial charge in [0.05, 0.1) is 6.61 Å². The Kier molecular flexibility index (Phi) is 5.04. The molecular weight excluding hydrogens is 314 g/mol. The van der Waals surface area contributed by atoms with Crippen LogP contribution in [0, 0.1) is 11.3 Å². The summed E-state index contributed by atoms with van der Waals surface area (Å²) in [5, 5.41) is 0. The van der Waals surface area contributed by atoms with Crippen LogP contribution in [-0.4, -0.2) is 60.1 Å². The topological polar surface area (TPSA) is 45.7 Å². The van der Waals surface area contributed by atoms with Gasteiger partial charge in [-0.05, 0) is 49.3 Å². The molecule has 5 heteroatoms. The summed E-state index contributed by atoms with van der Waals surface area (Å²) < 4.78 is 5.97. The van der Waals surface area contributed by atoms with E-state index < -0.39 is 0 Å². The number of fused-ring (bicyclic) bond motifs is 1. The first-order valence-corrected chi connectivity index (χ1v) is 9.72. The van der Waals surface area contributed by atoms with E-state index in [9.17, 15) is 4.79 Å². The molecule has 0 N–H and O–H groups in total. The molecule has 0 spiro atoms. The zero-order valence-electron chi connectivity index (χ0n) is 15.0. The van der Waals surface area contributed by atoms with Gasteiger partial charge in [-0.25, -0.2) is 0 Å². The van der Waals surface area contributed by atoms with Gasteiger partial charge in [-0.15, -0.1) is 0 Å². The standard InChI is InChI=1S/C20H29N3O2/c24-19(23-10-1-2-11-23)14-25-16-20-7-3-4-18(20)13-22(15-20)12-17-5-8-21-9-6-17/h5-6,8-9,18H,1-4,7,10-16H2/t18-,20+/m1/s1. The van der Waals surface area contributed by atoms with Gasteiger partial charge in [-0.3, -0.25) is 14.7 Å². The van der Waals surface area contributed by atoms with Gasteiger partial charge < -0.3 is 9.64 Å². The number of hydrogen-bond donors (Lipinski definition) is 0. The number of rotatable bonds is 6. The molecule has 1 aromatic heterocycles. The van der Waals surface area contributed by atoms with Crippen LogP contribution in [0.25, 0.3) is 0 Å². The molecule has 2 saturated heterocycles. The van der Waals surface area contributed by atoms with E-state index in [1.807, 2.05) is 17.3 Å². The molecule has 2 aliphatic heterocycles. The highest BCUT2D eigenvalue weighted by Crippen LogP contribution is 2.49. The van der Waals surface area contributed by atoms with Crippen LogP contribution in [0.3, 0.4) is 0 Å². The number of nitrogens with zero attached hydrogens (tertiary/aromatic N) is 3. The lowest BCUT2D eigenvalue weighted by Gasteiger charge is -2.29. The Morgan fingerprint density at radius 2 is 2.04 bits per heavy atom. The van der Waals surface area contributed by atoms with Crippen LogP contribution in [0.15, 0.2) is 24.5 Å². The molecule has 1 amide bonds. The number of aromatic nitrogens is 1. The average molecular weight is 343 g/mol. The quantitative estimate of drug-likeness (QED) is 0.795. The molecule has 5 nitrogen and oxygen atoms in total. The molecule has 3 fully saturated rings. The van der Waals surface area contributed by atoms with Gasteiger partial charge >= 0.3 is 0 Å².